The number of Topliss-reactive ketones (excluding diaryl/α,β-unsaturated/α-hetero) is 1. The van der Waals surface area contributed by atoms with Gasteiger partial charge in [-0.15, -0.1) is 0 Å². The van der Waals surface area contributed by atoms with Crippen LogP contribution in [0.4, 0.5) is 22.0 Å². The number of halogens is 5. The molecule has 2 aromatic rings. The van der Waals surface area contributed by atoms with Crippen molar-refractivity contribution in [3.63, 3.8) is 0 Å². The molecular formula is C27H24F5NO5. The van der Waals surface area contributed by atoms with Gasteiger partial charge >= 0.3 is 5.97 Å². The fourth-order valence-electron chi connectivity index (χ4n) is 4.75. The van der Waals surface area contributed by atoms with Gasteiger partial charge in [0.2, 0.25) is 29.1 Å². The molecule has 0 amide bonds. The normalized spacial score (nSPS) is 17.3. The first-order valence-electron chi connectivity index (χ1n) is 11.8. The second-order valence-electron chi connectivity index (χ2n) is 8.75. The van der Waals surface area contributed by atoms with Crippen LogP contribution < -0.4 is 14.8 Å². The highest BCUT2D eigenvalue weighted by molar-refractivity contribution is 6.03. The highest BCUT2D eigenvalue weighted by atomic mass is 19.2. The van der Waals surface area contributed by atoms with Crippen molar-refractivity contribution < 1.29 is 45.8 Å². The van der Waals surface area contributed by atoms with Crippen LogP contribution in [0.3, 0.4) is 0 Å². The van der Waals surface area contributed by atoms with Crippen LogP contribution in [-0.4, -0.2) is 25.5 Å². The Morgan fingerprint density at radius 2 is 1.68 bits per heavy atom. The Bertz CT molecular complexity index is 1360. The molecule has 11 heteroatoms. The summed E-state index contributed by atoms with van der Waals surface area (Å²) in [4.78, 5) is 26.0. The molecule has 2 aliphatic rings. The number of hydrogen-bond acceptors (Lipinski definition) is 6. The third-order valence-corrected chi connectivity index (χ3v) is 6.45. The molecule has 0 spiro atoms. The predicted molar refractivity (Wildman–Crippen MR) is 125 cm³/mol. The Morgan fingerprint density at radius 1 is 1.03 bits per heavy atom. The van der Waals surface area contributed by atoms with Crippen molar-refractivity contribution in [2.45, 2.75) is 45.6 Å². The van der Waals surface area contributed by atoms with Gasteiger partial charge in [-0.25, -0.2) is 18.0 Å². The molecule has 0 saturated heterocycles. The SMILES string of the molecule is CCOC(=O)C1=C(C)NC2=C(C(=O)CCC2)[C@H]1c1ccc(OC)c(COc2c(F)c(F)c(F)c(F)c2F)c1. The van der Waals surface area contributed by atoms with E-state index in [0.29, 0.717) is 41.8 Å². The lowest BCUT2D eigenvalue weighted by Gasteiger charge is -2.34. The molecule has 1 N–H and O–H groups in total. The van der Waals surface area contributed by atoms with E-state index in [1.54, 1.807) is 19.9 Å². The number of esters is 1. The zero-order valence-electron chi connectivity index (χ0n) is 20.8. The third kappa shape index (κ3) is 4.72. The van der Waals surface area contributed by atoms with Crippen molar-refractivity contribution >= 4 is 11.8 Å². The number of benzene rings is 2. The molecule has 0 unspecified atom stereocenters. The van der Waals surface area contributed by atoms with E-state index in [1.807, 2.05) is 0 Å². The molecule has 1 heterocycles. The summed E-state index contributed by atoms with van der Waals surface area (Å²) in [6.45, 7) is 2.81. The summed E-state index contributed by atoms with van der Waals surface area (Å²) in [7, 11) is 1.32. The lowest BCUT2D eigenvalue weighted by Crippen LogP contribution is -2.34. The number of dihydropyridines is 1. The van der Waals surface area contributed by atoms with Crippen molar-refractivity contribution in [2.24, 2.45) is 0 Å². The molecule has 0 fully saturated rings. The van der Waals surface area contributed by atoms with Crippen LogP contribution in [0.5, 0.6) is 11.5 Å². The Kier molecular flexibility index (Phi) is 7.75. The molecule has 0 aromatic heterocycles. The minimum Gasteiger partial charge on any atom is -0.496 e. The maximum atomic E-state index is 14.2. The zero-order valence-corrected chi connectivity index (χ0v) is 20.8. The van der Waals surface area contributed by atoms with Crippen molar-refractivity contribution in [1.82, 2.24) is 5.32 Å². The fraction of sp³-hybridized carbons (Fsp3) is 0.333. The molecule has 38 heavy (non-hydrogen) atoms. The molecule has 0 saturated carbocycles. The average molecular weight is 537 g/mol. The van der Waals surface area contributed by atoms with Gasteiger partial charge in [-0.2, -0.15) is 8.78 Å². The summed E-state index contributed by atoms with van der Waals surface area (Å²) in [5.41, 5.74) is 2.45. The van der Waals surface area contributed by atoms with Crippen LogP contribution in [0, 0.1) is 29.1 Å². The summed E-state index contributed by atoms with van der Waals surface area (Å²) in [6.07, 6.45) is 1.53. The first-order chi connectivity index (χ1) is 18.1. The Labute approximate surface area is 215 Å². The highest BCUT2D eigenvalue weighted by Crippen LogP contribution is 2.43. The van der Waals surface area contributed by atoms with E-state index >= 15 is 0 Å². The van der Waals surface area contributed by atoms with Crippen molar-refractivity contribution in [2.75, 3.05) is 13.7 Å². The molecule has 4 rings (SSSR count). The van der Waals surface area contributed by atoms with Crippen LogP contribution in [-0.2, 0) is 20.9 Å². The highest BCUT2D eigenvalue weighted by Gasteiger charge is 2.39. The Balaban J connectivity index is 1.79. The molecule has 6 nitrogen and oxygen atoms in total. The van der Waals surface area contributed by atoms with Gasteiger partial charge in [-0.3, -0.25) is 4.79 Å². The largest absolute Gasteiger partial charge is 0.496 e. The fourth-order valence-corrected chi connectivity index (χ4v) is 4.75. The minimum absolute atomic E-state index is 0.103. The lowest BCUT2D eigenvalue weighted by molar-refractivity contribution is -0.138. The molecule has 202 valence electrons. The van der Waals surface area contributed by atoms with Crippen LogP contribution in [0.15, 0.2) is 40.7 Å². The van der Waals surface area contributed by atoms with Crippen molar-refractivity contribution in [1.29, 1.82) is 0 Å². The summed E-state index contributed by atoms with van der Waals surface area (Å²) < 4.78 is 84.6. The standard InChI is InChI=1S/C27H24F5NO5/c1-4-37-27(35)18-12(2)33-15-6-5-7-16(34)20(15)19(18)13-8-9-17(36-3)14(10-13)11-38-26-24(31)22(29)21(28)23(30)25(26)32/h8-10,19,33H,4-7,11H2,1-3H3/t19-/m0/s1. The van der Waals surface area contributed by atoms with Crippen molar-refractivity contribution in [3.05, 3.63) is 81.0 Å². The molecule has 0 radical (unpaired) electrons. The average Bonchev–Trinajstić information content (AvgIpc) is 2.90. The lowest BCUT2D eigenvalue weighted by atomic mass is 9.75. The number of allylic oxidation sites excluding steroid dienone is 3. The molecule has 1 aliphatic heterocycles. The van der Waals surface area contributed by atoms with Gasteiger partial charge in [0.25, 0.3) is 0 Å². The number of hydrogen-bond donors (Lipinski definition) is 1. The summed E-state index contributed by atoms with van der Waals surface area (Å²) in [6, 6.07) is 4.62. The van der Waals surface area contributed by atoms with E-state index < -0.39 is 53.3 Å². The molecule has 1 atom stereocenters. The van der Waals surface area contributed by atoms with E-state index in [2.05, 4.69) is 5.32 Å². The molecule has 2 aromatic carbocycles. The number of rotatable bonds is 7. The summed E-state index contributed by atoms with van der Waals surface area (Å²) in [5.74, 6) is -13.6. The van der Waals surface area contributed by atoms with Gasteiger partial charge in [-0.05, 0) is 44.4 Å². The number of carbonyl (C=O) groups is 2. The van der Waals surface area contributed by atoms with E-state index in [1.165, 1.54) is 19.2 Å². The number of ketones is 1. The van der Waals surface area contributed by atoms with Gasteiger partial charge in [0.05, 0.1) is 19.3 Å². The van der Waals surface area contributed by atoms with Crippen LogP contribution in [0.2, 0.25) is 0 Å². The van der Waals surface area contributed by atoms with Gasteiger partial charge in [0.1, 0.15) is 12.4 Å². The van der Waals surface area contributed by atoms with Crippen LogP contribution >= 0.6 is 0 Å². The van der Waals surface area contributed by atoms with E-state index in [4.69, 9.17) is 14.2 Å². The van der Waals surface area contributed by atoms with Crippen LogP contribution in [0.25, 0.3) is 0 Å². The van der Waals surface area contributed by atoms with E-state index in [-0.39, 0.29) is 29.3 Å². The maximum absolute atomic E-state index is 14.2. The zero-order chi connectivity index (χ0) is 27.7. The van der Waals surface area contributed by atoms with Crippen molar-refractivity contribution in [3.8, 4) is 11.5 Å². The summed E-state index contributed by atoms with van der Waals surface area (Å²) in [5, 5.41) is 3.15. The summed E-state index contributed by atoms with van der Waals surface area (Å²) >= 11 is 0. The van der Waals surface area contributed by atoms with E-state index in [0.717, 1.165) is 0 Å². The first-order valence-corrected chi connectivity index (χ1v) is 11.8. The number of ether oxygens (including phenoxy) is 3. The Morgan fingerprint density at radius 3 is 2.32 bits per heavy atom. The first kappa shape index (κ1) is 27.2. The number of carbonyl (C=O) groups excluding carboxylic acids is 2. The third-order valence-electron chi connectivity index (χ3n) is 6.45. The van der Waals surface area contributed by atoms with Gasteiger partial charge in [0, 0.05) is 34.9 Å². The van der Waals surface area contributed by atoms with Gasteiger partial charge in [0.15, 0.2) is 11.5 Å². The second-order valence-corrected chi connectivity index (χ2v) is 8.75. The number of methoxy groups -OCH3 is 1. The van der Waals surface area contributed by atoms with E-state index in [9.17, 15) is 31.5 Å². The molecular weight excluding hydrogens is 513 g/mol. The maximum Gasteiger partial charge on any atom is 0.336 e. The topological polar surface area (TPSA) is 73.9 Å². The smallest absolute Gasteiger partial charge is 0.336 e. The second kappa shape index (κ2) is 10.8. The monoisotopic (exact) mass is 537 g/mol. The quantitative estimate of drug-likeness (QED) is 0.218. The van der Waals surface area contributed by atoms with Gasteiger partial charge in [-0.1, -0.05) is 6.07 Å². The number of nitrogens with one attached hydrogen (secondary N) is 1. The predicted octanol–water partition coefficient (Wildman–Crippen LogP) is 5.50. The van der Waals surface area contributed by atoms with Gasteiger partial charge < -0.3 is 19.5 Å². The molecule has 0 bridgehead atoms. The molecule has 1 aliphatic carbocycles. The van der Waals surface area contributed by atoms with Crippen LogP contribution in [0.1, 0.15) is 50.2 Å². The minimum atomic E-state index is -2.30. The Hall–Kier alpha value is -3.89.